The van der Waals surface area contributed by atoms with Crippen LogP contribution in [0.15, 0.2) is 94.7 Å². The first-order chi connectivity index (χ1) is 18.3. The number of carbonyl (C=O) groups excluding carboxylic acids is 1. The minimum atomic E-state index is -4.10. The lowest BCUT2D eigenvalue weighted by molar-refractivity contribution is 0.102. The van der Waals surface area contributed by atoms with Gasteiger partial charge < -0.3 is 5.32 Å². The minimum absolute atomic E-state index is 0.0391. The van der Waals surface area contributed by atoms with Crippen molar-refractivity contribution in [1.82, 2.24) is 0 Å². The number of nitrogens with one attached hydrogen (secondary N) is 3. The lowest BCUT2D eigenvalue weighted by Crippen LogP contribution is -2.17. The number of hydrogen-bond donors (Lipinski definition) is 3. The predicted molar refractivity (Wildman–Crippen MR) is 155 cm³/mol. The van der Waals surface area contributed by atoms with Crippen LogP contribution >= 0.6 is 23.2 Å². The standard InChI is InChI=1S/C27H23Cl2N3O5S2/c1-17-13-18(2)15-21(14-17)31-39(36,37)26-16-19(7-12-24(26)29)27(33)30-20-8-10-22(11-9-20)38(34,35)32-25-6-4-3-5-23(25)28/h3-16,31-32H,1-2H3,(H,30,33). The molecule has 39 heavy (non-hydrogen) atoms. The van der Waals surface area contributed by atoms with Crippen LogP contribution in [0.5, 0.6) is 0 Å². The van der Waals surface area contributed by atoms with Gasteiger partial charge in [-0.25, -0.2) is 16.8 Å². The van der Waals surface area contributed by atoms with Crippen LogP contribution in [0, 0.1) is 13.8 Å². The zero-order chi connectivity index (χ0) is 28.4. The Balaban J connectivity index is 1.51. The first kappa shape index (κ1) is 28.4. The SMILES string of the molecule is Cc1cc(C)cc(NS(=O)(=O)c2cc(C(=O)Nc3ccc(S(=O)(=O)Nc4ccccc4Cl)cc3)ccc2Cl)c1. The molecule has 0 aliphatic carbocycles. The van der Waals surface area contributed by atoms with E-state index in [0.29, 0.717) is 11.4 Å². The molecule has 1 amide bonds. The lowest BCUT2D eigenvalue weighted by Gasteiger charge is -2.13. The quantitative estimate of drug-likeness (QED) is 0.213. The van der Waals surface area contributed by atoms with Crippen LogP contribution in [0.25, 0.3) is 0 Å². The zero-order valence-electron chi connectivity index (χ0n) is 20.7. The number of aryl methyl sites for hydroxylation is 2. The molecule has 12 heteroatoms. The van der Waals surface area contributed by atoms with Crippen LogP contribution in [-0.2, 0) is 20.0 Å². The molecule has 0 aliphatic heterocycles. The molecule has 8 nitrogen and oxygen atoms in total. The fourth-order valence-electron chi connectivity index (χ4n) is 3.76. The lowest BCUT2D eigenvalue weighted by atomic mass is 10.1. The monoisotopic (exact) mass is 603 g/mol. The first-order valence-electron chi connectivity index (χ1n) is 11.4. The summed E-state index contributed by atoms with van der Waals surface area (Å²) in [5.41, 5.74) is 2.70. The number of sulfonamides is 2. The van der Waals surface area contributed by atoms with E-state index >= 15 is 0 Å². The van der Waals surface area contributed by atoms with Gasteiger partial charge in [-0.3, -0.25) is 14.2 Å². The molecule has 0 saturated heterocycles. The maximum absolute atomic E-state index is 13.1. The van der Waals surface area contributed by atoms with Crippen LogP contribution in [0.1, 0.15) is 21.5 Å². The van der Waals surface area contributed by atoms with E-state index in [1.54, 1.807) is 30.3 Å². The topological polar surface area (TPSA) is 121 Å². The Morgan fingerprint density at radius 2 is 1.31 bits per heavy atom. The number of hydrogen-bond acceptors (Lipinski definition) is 5. The Morgan fingerprint density at radius 3 is 1.95 bits per heavy atom. The van der Waals surface area contributed by atoms with Gasteiger partial charge in [-0.05, 0) is 91.7 Å². The largest absolute Gasteiger partial charge is 0.322 e. The maximum Gasteiger partial charge on any atom is 0.263 e. The van der Waals surface area contributed by atoms with Crippen molar-refractivity contribution in [3.8, 4) is 0 Å². The van der Waals surface area contributed by atoms with Crippen LogP contribution in [0.3, 0.4) is 0 Å². The molecule has 4 rings (SSSR count). The van der Waals surface area contributed by atoms with E-state index in [-0.39, 0.29) is 31.1 Å². The smallest absolute Gasteiger partial charge is 0.263 e. The summed E-state index contributed by atoms with van der Waals surface area (Å²) in [5, 5.41) is 2.82. The number of halogens is 2. The summed E-state index contributed by atoms with van der Waals surface area (Å²) in [5.74, 6) is -0.612. The van der Waals surface area contributed by atoms with E-state index in [1.807, 2.05) is 19.9 Å². The van der Waals surface area contributed by atoms with E-state index in [2.05, 4.69) is 14.8 Å². The van der Waals surface area contributed by atoms with Crippen molar-refractivity contribution in [3.63, 3.8) is 0 Å². The predicted octanol–water partition coefficient (Wildman–Crippen LogP) is 6.46. The van der Waals surface area contributed by atoms with Gasteiger partial charge in [-0.2, -0.15) is 0 Å². The van der Waals surface area contributed by atoms with Crippen molar-refractivity contribution in [2.24, 2.45) is 0 Å². The van der Waals surface area contributed by atoms with Crippen molar-refractivity contribution in [2.45, 2.75) is 23.6 Å². The second-order valence-corrected chi connectivity index (χ2v) is 12.8. The van der Waals surface area contributed by atoms with Gasteiger partial charge in [0.1, 0.15) is 4.90 Å². The molecule has 0 fully saturated rings. The molecular weight excluding hydrogens is 581 g/mol. The highest BCUT2D eigenvalue weighted by molar-refractivity contribution is 7.93. The molecule has 0 saturated carbocycles. The molecule has 0 spiro atoms. The third-order valence-corrected chi connectivity index (χ3v) is 9.07. The normalized spacial score (nSPS) is 11.6. The summed E-state index contributed by atoms with van der Waals surface area (Å²) >= 11 is 12.2. The third-order valence-electron chi connectivity index (χ3n) is 5.50. The highest BCUT2D eigenvalue weighted by Gasteiger charge is 2.21. The summed E-state index contributed by atoms with van der Waals surface area (Å²) in [6, 6.07) is 21.0. The molecule has 0 bridgehead atoms. The first-order valence-corrected chi connectivity index (χ1v) is 15.2. The van der Waals surface area contributed by atoms with E-state index in [1.165, 1.54) is 48.5 Å². The summed E-state index contributed by atoms with van der Waals surface area (Å²) < 4.78 is 56.5. The number of carbonyl (C=O) groups is 1. The van der Waals surface area contributed by atoms with E-state index in [9.17, 15) is 21.6 Å². The van der Waals surface area contributed by atoms with Gasteiger partial charge in [0.15, 0.2) is 0 Å². The molecule has 4 aromatic carbocycles. The Hall–Kier alpha value is -3.57. The fraction of sp³-hybridized carbons (Fsp3) is 0.0741. The molecule has 0 aliphatic rings. The molecule has 0 unspecified atom stereocenters. The second kappa shape index (κ2) is 11.3. The number of anilines is 3. The van der Waals surface area contributed by atoms with Gasteiger partial charge in [0.05, 0.1) is 20.6 Å². The molecule has 0 heterocycles. The van der Waals surface area contributed by atoms with E-state index in [0.717, 1.165) is 11.1 Å². The molecule has 4 aromatic rings. The summed E-state index contributed by atoms with van der Waals surface area (Å²) in [7, 11) is -8.03. The second-order valence-electron chi connectivity index (χ2n) is 8.69. The number of benzene rings is 4. The molecular formula is C27H23Cl2N3O5S2. The number of rotatable bonds is 8. The average Bonchev–Trinajstić information content (AvgIpc) is 2.85. The number of para-hydroxylation sites is 1. The van der Waals surface area contributed by atoms with Gasteiger partial charge in [0, 0.05) is 16.9 Å². The molecule has 3 N–H and O–H groups in total. The van der Waals surface area contributed by atoms with E-state index in [4.69, 9.17) is 23.2 Å². The van der Waals surface area contributed by atoms with Gasteiger partial charge >= 0.3 is 0 Å². The van der Waals surface area contributed by atoms with Crippen molar-refractivity contribution in [3.05, 3.63) is 112 Å². The van der Waals surface area contributed by atoms with Crippen LogP contribution in [0.2, 0.25) is 10.0 Å². The molecule has 0 atom stereocenters. The summed E-state index contributed by atoms with van der Waals surface area (Å²) in [4.78, 5) is 12.6. The average molecular weight is 605 g/mol. The molecule has 202 valence electrons. The van der Waals surface area contributed by atoms with Crippen LogP contribution in [0.4, 0.5) is 17.1 Å². The molecule has 0 radical (unpaired) electrons. The van der Waals surface area contributed by atoms with Crippen molar-refractivity contribution < 1.29 is 21.6 Å². The van der Waals surface area contributed by atoms with Crippen molar-refractivity contribution in [1.29, 1.82) is 0 Å². The Morgan fingerprint density at radius 1 is 0.667 bits per heavy atom. The summed E-state index contributed by atoms with van der Waals surface area (Å²) in [6.45, 7) is 3.69. The fourth-order valence-corrected chi connectivity index (χ4v) is 6.65. The zero-order valence-corrected chi connectivity index (χ0v) is 23.8. The van der Waals surface area contributed by atoms with Crippen LogP contribution in [-0.4, -0.2) is 22.7 Å². The molecule has 0 aromatic heterocycles. The highest BCUT2D eigenvalue weighted by Crippen LogP contribution is 2.27. The Kier molecular flexibility index (Phi) is 8.22. The number of amides is 1. The highest BCUT2D eigenvalue weighted by atomic mass is 35.5. The van der Waals surface area contributed by atoms with E-state index < -0.39 is 26.0 Å². The van der Waals surface area contributed by atoms with Gasteiger partial charge in [-0.1, -0.05) is 41.4 Å². The summed E-state index contributed by atoms with van der Waals surface area (Å²) in [6.07, 6.45) is 0. The Labute approximate surface area is 237 Å². The van der Waals surface area contributed by atoms with Gasteiger partial charge in [0.2, 0.25) is 0 Å². The van der Waals surface area contributed by atoms with Crippen molar-refractivity contribution >= 4 is 66.2 Å². The minimum Gasteiger partial charge on any atom is -0.322 e. The third kappa shape index (κ3) is 6.90. The van der Waals surface area contributed by atoms with Crippen LogP contribution < -0.4 is 14.8 Å². The Bertz CT molecular complexity index is 1760. The van der Waals surface area contributed by atoms with Gasteiger partial charge in [0.25, 0.3) is 26.0 Å². The maximum atomic E-state index is 13.1. The van der Waals surface area contributed by atoms with Crippen molar-refractivity contribution in [2.75, 3.05) is 14.8 Å². The van der Waals surface area contributed by atoms with Gasteiger partial charge in [-0.15, -0.1) is 0 Å².